The Balaban J connectivity index is 1.47. The van der Waals surface area contributed by atoms with E-state index in [0.717, 1.165) is 18.5 Å². The number of nitrogens with zero attached hydrogens (tertiary/aromatic N) is 2. The van der Waals surface area contributed by atoms with Gasteiger partial charge in [0, 0.05) is 24.9 Å². The first-order valence-corrected chi connectivity index (χ1v) is 11.1. The largest absolute Gasteiger partial charge is 0.466 e. The van der Waals surface area contributed by atoms with Crippen molar-refractivity contribution < 1.29 is 19.1 Å². The molecule has 1 N–H and O–H groups in total. The molecule has 1 saturated heterocycles. The maximum Gasteiger partial charge on any atom is 0.310 e. The highest BCUT2D eigenvalue weighted by atomic mass is 32.1. The van der Waals surface area contributed by atoms with E-state index in [0.29, 0.717) is 42.5 Å². The molecule has 3 heterocycles. The average Bonchev–Trinajstić information content (AvgIpc) is 3.38. The van der Waals surface area contributed by atoms with Crippen LogP contribution in [0, 0.1) is 5.92 Å². The third-order valence-corrected chi connectivity index (χ3v) is 6.18. The van der Waals surface area contributed by atoms with Crippen LogP contribution in [-0.2, 0) is 20.7 Å². The number of esters is 1. The summed E-state index contributed by atoms with van der Waals surface area (Å²) >= 11 is 2.72. The molecule has 0 saturated carbocycles. The normalized spacial score (nSPS) is 16.6. The fourth-order valence-electron chi connectivity index (χ4n) is 3.09. The van der Waals surface area contributed by atoms with Crippen LogP contribution < -0.4 is 5.32 Å². The number of carbonyl (C=O) groups is 3. The van der Waals surface area contributed by atoms with Gasteiger partial charge in [-0.25, -0.2) is 4.98 Å². The molecule has 1 aliphatic heterocycles. The molecule has 3 rings (SSSR count). The van der Waals surface area contributed by atoms with Gasteiger partial charge >= 0.3 is 5.97 Å². The van der Waals surface area contributed by atoms with E-state index in [1.807, 2.05) is 16.8 Å². The fraction of sp³-hybridized carbons (Fsp3) is 0.474. The number of thiophene rings is 1. The lowest BCUT2D eigenvalue weighted by atomic mass is 9.98. The number of aromatic nitrogens is 1. The molecule has 2 amide bonds. The van der Waals surface area contributed by atoms with Gasteiger partial charge in [-0.05, 0) is 37.6 Å². The summed E-state index contributed by atoms with van der Waals surface area (Å²) in [6, 6.07) is 3.58. The van der Waals surface area contributed by atoms with Crippen molar-refractivity contribution in [1.29, 1.82) is 0 Å². The van der Waals surface area contributed by atoms with Gasteiger partial charge in [-0.3, -0.25) is 19.7 Å². The van der Waals surface area contributed by atoms with E-state index in [1.54, 1.807) is 17.9 Å². The van der Waals surface area contributed by atoms with Crippen LogP contribution in [0.1, 0.15) is 41.6 Å². The average molecular weight is 422 g/mol. The van der Waals surface area contributed by atoms with Crippen molar-refractivity contribution in [3.63, 3.8) is 0 Å². The SMILES string of the molecule is CCOC(=O)[C@@H]1CCCN(C(=O)CCc2csc(NC(=O)c3cccs3)n2)C1. The number of nitrogens with one attached hydrogen (secondary N) is 1. The van der Waals surface area contributed by atoms with Crippen LogP contribution in [0.2, 0.25) is 0 Å². The number of piperidine rings is 1. The molecule has 0 unspecified atom stereocenters. The van der Waals surface area contributed by atoms with Crippen molar-refractivity contribution in [3.05, 3.63) is 33.5 Å². The van der Waals surface area contributed by atoms with Crippen LogP contribution in [0.5, 0.6) is 0 Å². The molecule has 7 nitrogen and oxygen atoms in total. The van der Waals surface area contributed by atoms with Crippen LogP contribution in [0.15, 0.2) is 22.9 Å². The highest BCUT2D eigenvalue weighted by Gasteiger charge is 2.29. The summed E-state index contributed by atoms with van der Waals surface area (Å²) in [5, 5.41) is 7.01. The Morgan fingerprint density at radius 1 is 1.36 bits per heavy atom. The Morgan fingerprint density at radius 3 is 2.96 bits per heavy atom. The molecule has 1 aliphatic rings. The lowest BCUT2D eigenvalue weighted by molar-refractivity contribution is -0.151. The molecule has 0 spiro atoms. The number of aryl methyl sites for hydroxylation is 1. The van der Waals surface area contributed by atoms with Crippen molar-refractivity contribution in [3.8, 4) is 0 Å². The maximum absolute atomic E-state index is 12.5. The van der Waals surface area contributed by atoms with Gasteiger partial charge in [0.05, 0.1) is 23.1 Å². The van der Waals surface area contributed by atoms with Crippen LogP contribution in [0.25, 0.3) is 0 Å². The molecule has 9 heteroatoms. The van der Waals surface area contributed by atoms with Crippen LogP contribution in [-0.4, -0.2) is 47.4 Å². The highest BCUT2D eigenvalue weighted by Crippen LogP contribution is 2.21. The zero-order chi connectivity index (χ0) is 19.9. The first-order chi connectivity index (χ1) is 13.6. The predicted molar refractivity (Wildman–Crippen MR) is 109 cm³/mol. The van der Waals surface area contributed by atoms with Gasteiger partial charge in [0.15, 0.2) is 5.13 Å². The minimum atomic E-state index is -0.226. The molecule has 150 valence electrons. The molecule has 0 aliphatic carbocycles. The van der Waals surface area contributed by atoms with Crippen molar-refractivity contribution in [2.45, 2.75) is 32.6 Å². The molecule has 1 atom stereocenters. The third kappa shape index (κ3) is 5.39. The van der Waals surface area contributed by atoms with E-state index in [-0.39, 0.29) is 23.7 Å². The van der Waals surface area contributed by atoms with Gasteiger partial charge in [0.2, 0.25) is 5.91 Å². The van der Waals surface area contributed by atoms with Crippen LogP contribution >= 0.6 is 22.7 Å². The van der Waals surface area contributed by atoms with Gasteiger partial charge in [0.1, 0.15) is 0 Å². The fourth-order valence-corrected chi connectivity index (χ4v) is 4.45. The lowest BCUT2D eigenvalue weighted by Gasteiger charge is -2.31. The first-order valence-electron chi connectivity index (χ1n) is 9.30. The predicted octanol–water partition coefficient (Wildman–Crippen LogP) is 3.19. The number of hydrogen-bond acceptors (Lipinski definition) is 7. The van der Waals surface area contributed by atoms with E-state index in [4.69, 9.17) is 4.74 Å². The monoisotopic (exact) mass is 421 g/mol. The molecule has 0 radical (unpaired) electrons. The van der Waals surface area contributed by atoms with Crippen molar-refractivity contribution in [1.82, 2.24) is 9.88 Å². The summed E-state index contributed by atoms with van der Waals surface area (Å²) in [6.45, 7) is 3.25. The number of likely N-dealkylation sites (tertiary alicyclic amines) is 1. The molecular weight excluding hydrogens is 398 g/mol. The number of thiazole rings is 1. The second-order valence-electron chi connectivity index (χ2n) is 6.51. The topological polar surface area (TPSA) is 88.6 Å². The summed E-state index contributed by atoms with van der Waals surface area (Å²) in [4.78, 5) is 43.3. The zero-order valence-electron chi connectivity index (χ0n) is 15.7. The summed E-state index contributed by atoms with van der Waals surface area (Å²) in [5.41, 5.74) is 0.777. The molecule has 2 aromatic rings. The lowest BCUT2D eigenvalue weighted by Crippen LogP contribution is -2.42. The second kappa shape index (κ2) is 9.79. The van der Waals surface area contributed by atoms with Gasteiger partial charge in [-0.2, -0.15) is 0 Å². The van der Waals surface area contributed by atoms with Crippen LogP contribution in [0.4, 0.5) is 5.13 Å². The molecule has 0 bridgehead atoms. The van der Waals surface area contributed by atoms with E-state index in [1.165, 1.54) is 22.7 Å². The molecule has 28 heavy (non-hydrogen) atoms. The van der Waals surface area contributed by atoms with Gasteiger partial charge in [-0.15, -0.1) is 22.7 Å². The van der Waals surface area contributed by atoms with Crippen molar-refractivity contribution in [2.24, 2.45) is 5.92 Å². The minimum absolute atomic E-state index is 0.0196. The van der Waals surface area contributed by atoms with Crippen LogP contribution in [0.3, 0.4) is 0 Å². The molecule has 0 aromatic carbocycles. The Kier molecular flexibility index (Phi) is 7.16. The standard InChI is InChI=1S/C19H23N3O4S2/c1-2-26-18(25)13-5-3-9-22(11-13)16(23)8-7-14-12-28-19(20-14)21-17(24)15-6-4-10-27-15/h4,6,10,12-13H,2-3,5,7-9,11H2,1H3,(H,20,21,24)/t13-/m1/s1. The third-order valence-electron chi connectivity index (χ3n) is 4.51. The number of ether oxygens (including phenoxy) is 1. The highest BCUT2D eigenvalue weighted by molar-refractivity contribution is 7.14. The van der Waals surface area contributed by atoms with Crippen molar-refractivity contribution in [2.75, 3.05) is 25.0 Å². The summed E-state index contributed by atoms with van der Waals surface area (Å²) in [7, 11) is 0. The Labute approximate surface area is 171 Å². The maximum atomic E-state index is 12.5. The summed E-state index contributed by atoms with van der Waals surface area (Å²) < 4.78 is 5.08. The minimum Gasteiger partial charge on any atom is -0.466 e. The molecule has 2 aromatic heterocycles. The molecular formula is C19H23N3O4S2. The van der Waals surface area contributed by atoms with Gasteiger partial charge in [-0.1, -0.05) is 6.07 Å². The number of carbonyl (C=O) groups excluding carboxylic acids is 3. The first kappa shape index (κ1) is 20.5. The van der Waals surface area contributed by atoms with E-state index in [9.17, 15) is 14.4 Å². The van der Waals surface area contributed by atoms with Crippen molar-refractivity contribution >= 4 is 45.6 Å². The summed E-state index contributed by atoms with van der Waals surface area (Å²) in [6.07, 6.45) is 2.41. The summed E-state index contributed by atoms with van der Waals surface area (Å²) in [5.74, 6) is -0.599. The Morgan fingerprint density at radius 2 is 2.21 bits per heavy atom. The molecule has 1 fully saturated rings. The Hall–Kier alpha value is -2.26. The van der Waals surface area contributed by atoms with E-state index < -0.39 is 0 Å². The zero-order valence-corrected chi connectivity index (χ0v) is 17.3. The number of anilines is 1. The number of rotatable bonds is 7. The quantitative estimate of drug-likeness (QED) is 0.694. The van der Waals surface area contributed by atoms with Gasteiger partial charge in [0.25, 0.3) is 5.91 Å². The number of amides is 2. The smallest absolute Gasteiger partial charge is 0.310 e. The number of hydrogen-bond donors (Lipinski definition) is 1. The Bertz CT molecular complexity index is 819. The van der Waals surface area contributed by atoms with E-state index in [2.05, 4.69) is 10.3 Å². The second-order valence-corrected chi connectivity index (χ2v) is 8.31. The van der Waals surface area contributed by atoms with Gasteiger partial charge < -0.3 is 9.64 Å². The van der Waals surface area contributed by atoms with E-state index >= 15 is 0 Å².